The largest absolute Gasteiger partial charge is 0.373 e. The SMILES string of the molecule is CCCCCCCCOCC(=O)c1ccc(C(C)C)cc1. The van der Waals surface area contributed by atoms with E-state index in [1.165, 1.54) is 37.7 Å². The lowest BCUT2D eigenvalue weighted by molar-refractivity contribution is 0.0752. The maximum absolute atomic E-state index is 12.0. The Bertz CT molecular complexity index is 393. The van der Waals surface area contributed by atoms with Crippen molar-refractivity contribution < 1.29 is 9.53 Å². The average molecular weight is 290 g/mol. The summed E-state index contributed by atoms with van der Waals surface area (Å²) in [5.74, 6) is 0.578. The van der Waals surface area contributed by atoms with Crippen LogP contribution >= 0.6 is 0 Å². The van der Waals surface area contributed by atoms with Crippen molar-refractivity contribution in [1.29, 1.82) is 0 Å². The molecule has 0 unspecified atom stereocenters. The Morgan fingerprint density at radius 3 is 2.24 bits per heavy atom. The van der Waals surface area contributed by atoms with E-state index in [-0.39, 0.29) is 12.4 Å². The van der Waals surface area contributed by atoms with Crippen LogP contribution in [0.5, 0.6) is 0 Å². The molecule has 0 saturated carbocycles. The van der Waals surface area contributed by atoms with Gasteiger partial charge in [0.05, 0.1) is 0 Å². The molecule has 0 aromatic heterocycles. The Balaban J connectivity index is 2.16. The molecule has 0 fully saturated rings. The van der Waals surface area contributed by atoms with E-state index in [4.69, 9.17) is 4.74 Å². The van der Waals surface area contributed by atoms with Crippen molar-refractivity contribution in [3.05, 3.63) is 35.4 Å². The number of benzene rings is 1. The van der Waals surface area contributed by atoms with Gasteiger partial charge in [0, 0.05) is 12.2 Å². The minimum Gasteiger partial charge on any atom is -0.373 e. The van der Waals surface area contributed by atoms with Crippen molar-refractivity contribution in [1.82, 2.24) is 0 Å². The van der Waals surface area contributed by atoms with Crippen LogP contribution < -0.4 is 0 Å². The molecule has 0 amide bonds. The predicted octanol–water partition coefficient (Wildman–Crippen LogP) is 5.37. The molecule has 0 aliphatic heterocycles. The third-order valence-electron chi connectivity index (χ3n) is 3.77. The van der Waals surface area contributed by atoms with Crippen LogP contribution in [0.25, 0.3) is 0 Å². The third-order valence-corrected chi connectivity index (χ3v) is 3.77. The van der Waals surface area contributed by atoms with Crippen LogP contribution in [0.4, 0.5) is 0 Å². The van der Waals surface area contributed by atoms with Crippen LogP contribution in [0.2, 0.25) is 0 Å². The highest BCUT2D eigenvalue weighted by molar-refractivity contribution is 5.97. The normalized spacial score (nSPS) is 11.0. The molecule has 1 aromatic rings. The standard InChI is InChI=1S/C19H30O2/c1-4-5-6-7-8-9-14-21-15-19(20)18-12-10-17(11-13-18)16(2)3/h10-13,16H,4-9,14-15H2,1-3H3. The van der Waals surface area contributed by atoms with Crippen molar-refractivity contribution in [3.8, 4) is 0 Å². The van der Waals surface area contributed by atoms with Crippen LogP contribution in [0.1, 0.15) is 81.1 Å². The lowest BCUT2D eigenvalue weighted by Crippen LogP contribution is -2.10. The zero-order valence-electron chi connectivity index (χ0n) is 13.9. The fraction of sp³-hybridized carbons (Fsp3) is 0.632. The molecular weight excluding hydrogens is 260 g/mol. The average Bonchev–Trinajstić information content (AvgIpc) is 2.49. The molecule has 0 saturated heterocycles. The molecule has 0 bridgehead atoms. The van der Waals surface area contributed by atoms with Gasteiger partial charge in [0.15, 0.2) is 5.78 Å². The van der Waals surface area contributed by atoms with Gasteiger partial charge in [0.25, 0.3) is 0 Å². The summed E-state index contributed by atoms with van der Waals surface area (Å²) in [6.45, 7) is 7.43. The molecule has 2 heteroatoms. The van der Waals surface area contributed by atoms with Crippen LogP contribution in [-0.4, -0.2) is 19.0 Å². The maximum atomic E-state index is 12.0. The number of carbonyl (C=O) groups excluding carboxylic acids is 1. The fourth-order valence-electron chi connectivity index (χ4n) is 2.29. The van der Waals surface area contributed by atoms with Gasteiger partial charge in [-0.2, -0.15) is 0 Å². The number of hydrogen-bond acceptors (Lipinski definition) is 2. The highest BCUT2D eigenvalue weighted by Crippen LogP contribution is 2.15. The minimum absolute atomic E-state index is 0.0799. The molecule has 0 aliphatic rings. The van der Waals surface area contributed by atoms with Crippen molar-refractivity contribution in [2.45, 2.75) is 65.2 Å². The number of ketones is 1. The molecular formula is C19H30O2. The Labute approximate surface area is 129 Å². The van der Waals surface area contributed by atoms with Gasteiger partial charge >= 0.3 is 0 Å². The molecule has 0 aliphatic carbocycles. The van der Waals surface area contributed by atoms with E-state index in [1.807, 2.05) is 24.3 Å². The third kappa shape index (κ3) is 7.42. The lowest BCUT2D eigenvalue weighted by atomic mass is 10.0. The molecule has 0 radical (unpaired) electrons. The van der Waals surface area contributed by atoms with E-state index >= 15 is 0 Å². The minimum atomic E-state index is 0.0799. The quantitative estimate of drug-likeness (QED) is 0.404. The van der Waals surface area contributed by atoms with Crippen molar-refractivity contribution in [2.75, 3.05) is 13.2 Å². The Morgan fingerprint density at radius 1 is 1.00 bits per heavy atom. The highest BCUT2D eigenvalue weighted by Gasteiger charge is 2.06. The summed E-state index contributed by atoms with van der Waals surface area (Å²) < 4.78 is 5.48. The summed E-state index contributed by atoms with van der Waals surface area (Å²) in [7, 11) is 0. The second-order valence-electron chi connectivity index (χ2n) is 6.02. The molecule has 2 nitrogen and oxygen atoms in total. The van der Waals surface area contributed by atoms with Crippen molar-refractivity contribution in [2.24, 2.45) is 0 Å². The Kier molecular flexibility index (Phi) is 9.00. The summed E-state index contributed by atoms with van der Waals surface area (Å²) in [6.07, 6.45) is 7.46. The molecule has 0 N–H and O–H groups in total. The van der Waals surface area contributed by atoms with Crippen molar-refractivity contribution in [3.63, 3.8) is 0 Å². The monoisotopic (exact) mass is 290 g/mol. The van der Waals surface area contributed by atoms with E-state index < -0.39 is 0 Å². The first-order valence-corrected chi connectivity index (χ1v) is 8.36. The molecule has 21 heavy (non-hydrogen) atoms. The zero-order valence-corrected chi connectivity index (χ0v) is 13.9. The summed E-state index contributed by atoms with van der Waals surface area (Å²) in [5, 5.41) is 0. The number of Topliss-reactive ketones (excluding diaryl/α,β-unsaturated/α-hetero) is 1. The van der Waals surface area contributed by atoms with Gasteiger partial charge in [-0.05, 0) is 17.9 Å². The summed E-state index contributed by atoms with van der Waals surface area (Å²) >= 11 is 0. The van der Waals surface area contributed by atoms with E-state index in [0.29, 0.717) is 12.5 Å². The molecule has 1 aromatic carbocycles. The van der Waals surface area contributed by atoms with Crippen LogP contribution in [0.3, 0.4) is 0 Å². The molecule has 0 heterocycles. The van der Waals surface area contributed by atoms with Gasteiger partial charge in [0.2, 0.25) is 0 Å². The number of rotatable bonds is 11. The molecule has 118 valence electrons. The van der Waals surface area contributed by atoms with Crippen molar-refractivity contribution >= 4 is 5.78 Å². The summed E-state index contributed by atoms with van der Waals surface area (Å²) in [6, 6.07) is 7.88. The van der Waals surface area contributed by atoms with Gasteiger partial charge < -0.3 is 4.74 Å². The second-order valence-corrected chi connectivity index (χ2v) is 6.02. The molecule has 0 spiro atoms. The van der Waals surface area contributed by atoms with E-state index in [2.05, 4.69) is 20.8 Å². The Hall–Kier alpha value is -1.15. The number of unbranched alkanes of at least 4 members (excludes halogenated alkanes) is 5. The van der Waals surface area contributed by atoms with Gasteiger partial charge in [0.1, 0.15) is 6.61 Å². The van der Waals surface area contributed by atoms with E-state index in [9.17, 15) is 4.79 Å². The van der Waals surface area contributed by atoms with Crippen LogP contribution in [-0.2, 0) is 4.74 Å². The fourth-order valence-corrected chi connectivity index (χ4v) is 2.29. The van der Waals surface area contributed by atoms with Gasteiger partial charge in [-0.25, -0.2) is 0 Å². The lowest BCUT2D eigenvalue weighted by Gasteiger charge is -2.07. The predicted molar refractivity (Wildman–Crippen MR) is 89.1 cm³/mol. The number of ether oxygens (including phenoxy) is 1. The van der Waals surface area contributed by atoms with Crippen LogP contribution in [0, 0.1) is 0 Å². The van der Waals surface area contributed by atoms with Gasteiger partial charge in [-0.15, -0.1) is 0 Å². The molecule has 0 atom stereocenters. The topological polar surface area (TPSA) is 26.3 Å². The Morgan fingerprint density at radius 2 is 1.62 bits per heavy atom. The highest BCUT2D eigenvalue weighted by atomic mass is 16.5. The summed E-state index contributed by atoms with van der Waals surface area (Å²) in [5.41, 5.74) is 2.02. The van der Waals surface area contributed by atoms with E-state index in [1.54, 1.807) is 0 Å². The zero-order chi connectivity index (χ0) is 15.5. The van der Waals surface area contributed by atoms with E-state index in [0.717, 1.165) is 12.0 Å². The number of carbonyl (C=O) groups is 1. The van der Waals surface area contributed by atoms with Crippen LogP contribution in [0.15, 0.2) is 24.3 Å². The first kappa shape index (κ1) is 17.9. The second kappa shape index (κ2) is 10.6. The molecule has 1 rings (SSSR count). The van der Waals surface area contributed by atoms with Gasteiger partial charge in [-0.1, -0.05) is 77.1 Å². The summed E-state index contributed by atoms with van der Waals surface area (Å²) in [4.78, 5) is 12.0. The smallest absolute Gasteiger partial charge is 0.188 e. The maximum Gasteiger partial charge on any atom is 0.188 e. The first-order valence-electron chi connectivity index (χ1n) is 8.36. The first-order chi connectivity index (χ1) is 10.1. The number of hydrogen-bond donors (Lipinski definition) is 0. The van der Waals surface area contributed by atoms with Gasteiger partial charge in [-0.3, -0.25) is 4.79 Å².